The molecule has 61 heavy (non-hydrogen) atoms. The quantitative estimate of drug-likeness (QED) is 0.0826. The highest BCUT2D eigenvalue weighted by Gasteiger charge is 2.32. The molecule has 0 spiro atoms. The first-order valence-corrected chi connectivity index (χ1v) is 20.6. The molecule has 0 bridgehead atoms. The molecule has 2 aliphatic heterocycles. The molecular weight excluding hydrogens is 784 g/mol. The lowest BCUT2D eigenvalue weighted by atomic mass is 9.91. The van der Waals surface area contributed by atoms with Gasteiger partial charge in [-0.2, -0.15) is 14.6 Å². The number of fused-ring (bicyclic) bond motifs is 2. The van der Waals surface area contributed by atoms with Crippen LogP contribution in [0.3, 0.4) is 0 Å². The zero-order chi connectivity index (χ0) is 42.2. The van der Waals surface area contributed by atoms with E-state index in [9.17, 15) is 18.8 Å². The molecule has 2 saturated heterocycles. The SMILES string of the molecule is COc1cccc(Oc2ccc(-c3nn(C4CCC(NCCNC5CN(c6ccc(C(=O)NC7CCC(=O)NC7=O)c7c6cnn7C)C5)CC4)c4ncnc(N)c34)cc2)c1F. The Labute approximate surface area is 350 Å². The Morgan fingerprint density at radius 1 is 0.951 bits per heavy atom. The minimum absolute atomic E-state index is 0.0687. The van der Waals surface area contributed by atoms with Crippen LogP contribution in [0, 0.1) is 5.82 Å². The first kappa shape index (κ1) is 39.8. The summed E-state index contributed by atoms with van der Waals surface area (Å²) in [6, 6.07) is 15.9. The van der Waals surface area contributed by atoms with E-state index in [1.54, 1.807) is 48.3 Å². The van der Waals surface area contributed by atoms with Gasteiger partial charge in [-0.25, -0.2) is 14.6 Å². The number of nitrogens with two attached hydrogens (primary N) is 1. The molecule has 3 fully saturated rings. The van der Waals surface area contributed by atoms with Gasteiger partial charge in [0, 0.05) is 68.4 Å². The fraction of sp³-hybridized carbons (Fsp3) is 0.372. The van der Waals surface area contributed by atoms with E-state index in [1.807, 2.05) is 22.9 Å². The number of imide groups is 1. The average Bonchev–Trinajstić information content (AvgIpc) is 3.84. The number of amides is 3. The van der Waals surface area contributed by atoms with Gasteiger partial charge in [-0.3, -0.25) is 24.4 Å². The van der Waals surface area contributed by atoms with Crippen molar-refractivity contribution < 1.29 is 28.2 Å². The third-order valence-electron chi connectivity index (χ3n) is 11.9. The van der Waals surface area contributed by atoms with Gasteiger partial charge in [0.2, 0.25) is 17.6 Å². The number of methoxy groups -OCH3 is 1. The number of rotatable bonds is 13. The van der Waals surface area contributed by atoms with Crippen molar-refractivity contribution in [3.63, 3.8) is 0 Å². The molecule has 9 rings (SSSR count). The second-order valence-electron chi connectivity index (χ2n) is 15.8. The van der Waals surface area contributed by atoms with E-state index in [2.05, 4.69) is 41.2 Å². The summed E-state index contributed by atoms with van der Waals surface area (Å²) < 4.78 is 29.3. The van der Waals surface area contributed by atoms with Crippen LogP contribution in [-0.4, -0.2) is 98.7 Å². The van der Waals surface area contributed by atoms with Gasteiger partial charge in [0.25, 0.3) is 5.91 Å². The van der Waals surface area contributed by atoms with Crippen LogP contribution < -0.4 is 41.4 Å². The van der Waals surface area contributed by atoms with E-state index in [0.29, 0.717) is 51.5 Å². The van der Waals surface area contributed by atoms with Crippen molar-refractivity contribution in [2.45, 2.75) is 62.7 Å². The second kappa shape index (κ2) is 16.8. The van der Waals surface area contributed by atoms with Gasteiger partial charge >= 0.3 is 0 Å². The van der Waals surface area contributed by atoms with Gasteiger partial charge in [0.05, 0.1) is 35.8 Å². The number of nitrogens with zero attached hydrogens (tertiary/aromatic N) is 7. The molecule has 6 aromatic rings. The smallest absolute Gasteiger partial charge is 0.254 e. The Morgan fingerprint density at radius 3 is 2.46 bits per heavy atom. The molecule has 1 aliphatic carbocycles. The first-order valence-electron chi connectivity index (χ1n) is 20.6. The monoisotopic (exact) mass is 830 g/mol. The molecule has 5 heterocycles. The number of carbonyl (C=O) groups is 3. The first-order chi connectivity index (χ1) is 29.6. The van der Waals surface area contributed by atoms with Crippen molar-refractivity contribution in [2.24, 2.45) is 7.05 Å². The topological polar surface area (TPSA) is 208 Å². The van der Waals surface area contributed by atoms with Crippen LogP contribution in [0.4, 0.5) is 15.9 Å². The van der Waals surface area contributed by atoms with Gasteiger partial charge in [-0.15, -0.1) is 0 Å². The largest absolute Gasteiger partial charge is 0.494 e. The van der Waals surface area contributed by atoms with Crippen LogP contribution >= 0.6 is 0 Å². The zero-order valence-electron chi connectivity index (χ0n) is 33.9. The van der Waals surface area contributed by atoms with Gasteiger partial charge < -0.3 is 36.1 Å². The highest BCUT2D eigenvalue weighted by molar-refractivity contribution is 6.11. The molecule has 3 aliphatic rings. The van der Waals surface area contributed by atoms with Crippen LogP contribution in [0.5, 0.6) is 17.2 Å². The molecule has 3 aromatic heterocycles. The third-order valence-corrected chi connectivity index (χ3v) is 11.9. The number of hydrogen-bond acceptors (Lipinski definition) is 13. The van der Waals surface area contributed by atoms with Crippen LogP contribution in [0.2, 0.25) is 0 Å². The van der Waals surface area contributed by atoms with Crippen molar-refractivity contribution in [3.05, 3.63) is 78.5 Å². The fourth-order valence-corrected chi connectivity index (χ4v) is 8.67. The molecular formula is C43H47FN12O5. The van der Waals surface area contributed by atoms with Crippen LogP contribution in [-0.2, 0) is 16.6 Å². The number of hydrogen-bond donors (Lipinski definition) is 5. The molecule has 3 amide bonds. The maximum atomic E-state index is 14.7. The summed E-state index contributed by atoms with van der Waals surface area (Å²) in [5.74, 6) is -0.757. The molecule has 1 saturated carbocycles. The highest BCUT2D eigenvalue weighted by Crippen LogP contribution is 2.38. The molecule has 6 N–H and O–H groups in total. The Bertz CT molecular complexity index is 2620. The van der Waals surface area contributed by atoms with Crippen molar-refractivity contribution in [2.75, 3.05) is 43.9 Å². The van der Waals surface area contributed by atoms with Gasteiger partial charge in [-0.1, -0.05) is 6.07 Å². The lowest BCUT2D eigenvalue weighted by Crippen LogP contribution is -2.59. The number of aromatic nitrogens is 6. The molecule has 1 unspecified atom stereocenters. The number of piperidine rings is 1. The van der Waals surface area contributed by atoms with Crippen LogP contribution in [0.1, 0.15) is 54.9 Å². The van der Waals surface area contributed by atoms with Crippen molar-refractivity contribution in [1.82, 2.24) is 50.8 Å². The molecule has 17 nitrogen and oxygen atoms in total. The predicted octanol–water partition coefficient (Wildman–Crippen LogP) is 3.99. The van der Waals surface area contributed by atoms with E-state index in [0.717, 1.165) is 68.5 Å². The second-order valence-corrected chi connectivity index (χ2v) is 15.8. The van der Waals surface area contributed by atoms with Gasteiger partial charge in [0.1, 0.15) is 29.6 Å². The van der Waals surface area contributed by atoms with Crippen LogP contribution in [0.15, 0.2) is 67.1 Å². The van der Waals surface area contributed by atoms with E-state index < -0.39 is 17.8 Å². The van der Waals surface area contributed by atoms with E-state index in [4.69, 9.17) is 20.3 Å². The average molecular weight is 831 g/mol. The zero-order valence-corrected chi connectivity index (χ0v) is 33.9. The van der Waals surface area contributed by atoms with E-state index >= 15 is 0 Å². The van der Waals surface area contributed by atoms with Gasteiger partial charge in [-0.05, 0) is 80.6 Å². The van der Waals surface area contributed by atoms with Crippen molar-refractivity contribution in [1.29, 1.82) is 0 Å². The molecule has 316 valence electrons. The Kier molecular flexibility index (Phi) is 10.9. The summed E-state index contributed by atoms with van der Waals surface area (Å²) in [6.07, 6.45) is 7.56. The summed E-state index contributed by atoms with van der Waals surface area (Å²) in [4.78, 5) is 48.2. The molecule has 3 aromatic carbocycles. The number of ether oxygens (including phenoxy) is 2. The predicted molar refractivity (Wildman–Crippen MR) is 226 cm³/mol. The number of benzene rings is 3. The normalized spacial score (nSPS) is 19.5. The lowest BCUT2D eigenvalue weighted by Gasteiger charge is -2.42. The molecule has 0 radical (unpaired) electrons. The minimum atomic E-state index is -0.756. The van der Waals surface area contributed by atoms with E-state index in [-0.39, 0.29) is 42.2 Å². The Balaban J connectivity index is 0.758. The maximum absolute atomic E-state index is 14.7. The number of anilines is 2. The summed E-state index contributed by atoms with van der Waals surface area (Å²) in [5.41, 5.74) is 10.7. The number of carbonyl (C=O) groups excluding carboxylic acids is 3. The summed E-state index contributed by atoms with van der Waals surface area (Å²) in [7, 11) is 3.21. The number of halogens is 1. The number of nitrogens with one attached hydrogen (secondary N) is 4. The van der Waals surface area contributed by atoms with Crippen molar-refractivity contribution >= 4 is 51.2 Å². The standard InChI is InChI=1S/C43H47FN12O5/c1-54-39-29(42(58)51-31-15-17-35(57)52-43(31)59)14-16-32(30(39)20-50-54)55-21-26(22-55)47-19-18-46-25-8-10-27(11-9-25)56-41-36(40(45)48-23-49-41)38(53-56)24-6-12-28(13-7-24)61-34-5-3-4-33(60-2)37(34)44/h3-7,12-14,16,20,23,25-27,31,46-47H,8-11,15,17-19,21-22H2,1-2H3,(H,51,58)(H2,45,48,49)(H,52,57,59). The fourth-order valence-electron chi connectivity index (χ4n) is 8.67. The Hall–Kier alpha value is -6.66. The summed E-state index contributed by atoms with van der Waals surface area (Å²) in [5, 5.41) is 23.5. The van der Waals surface area contributed by atoms with E-state index in [1.165, 1.54) is 19.5 Å². The van der Waals surface area contributed by atoms with Gasteiger partial charge in [0.15, 0.2) is 17.1 Å². The summed E-state index contributed by atoms with van der Waals surface area (Å²) in [6.45, 7) is 3.33. The third kappa shape index (κ3) is 7.91. The van der Waals surface area contributed by atoms with Crippen LogP contribution in [0.25, 0.3) is 33.2 Å². The minimum Gasteiger partial charge on any atom is -0.494 e. The highest BCUT2D eigenvalue weighted by atomic mass is 19.1. The maximum Gasteiger partial charge on any atom is 0.254 e. The number of nitrogen functional groups attached to an aromatic ring is 1. The summed E-state index contributed by atoms with van der Waals surface area (Å²) >= 11 is 0. The molecule has 1 atom stereocenters. The molecule has 18 heteroatoms. The lowest BCUT2D eigenvalue weighted by molar-refractivity contribution is -0.134. The van der Waals surface area contributed by atoms with Crippen molar-refractivity contribution in [3.8, 4) is 28.5 Å². The Morgan fingerprint density at radius 2 is 1.70 bits per heavy atom. The number of aryl methyl sites for hydroxylation is 1.